The Bertz CT molecular complexity index is 489. The van der Waals surface area contributed by atoms with Gasteiger partial charge in [0, 0.05) is 5.56 Å². The molecule has 0 fully saturated rings. The van der Waals surface area contributed by atoms with Crippen molar-refractivity contribution in [1.29, 1.82) is 0 Å². The Hall–Kier alpha value is -1.40. The second-order valence-corrected chi connectivity index (χ2v) is 4.29. The first kappa shape index (κ1) is 11.7. The van der Waals surface area contributed by atoms with E-state index in [1.807, 2.05) is 0 Å². The first-order chi connectivity index (χ1) is 6.86. The van der Waals surface area contributed by atoms with Gasteiger partial charge in [0.25, 0.3) is 10.1 Å². The summed E-state index contributed by atoms with van der Waals surface area (Å²) >= 11 is 0. The lowest BCUT2D eigenvalue weighted by molar-refractivity contribution is 0.101. The van der Waals surface area contributed by atoms with Crippen molar-refractivity contribution in [2.45, 2.75) is 11.8 Å². The lowest BCUT2D eigenvalue weighted by Crippen LogP contribution is -2.04. The molecular weight excluding hydrogens is 220 g/mol. The molecule has 1 aromatic rings. The molecule has 0 aromatic heterocycles. The van der Waals surface area contributed by atoms with Crippen LogP contribution in [0.4, 0.5) is 0 Å². The maximum Gasteiger partial charge on any atom is 0.298 e. The third-order valence-corrected chi connectivity index (χ3v) is 2.72. The van der Waals surface area contributed by atoms with E-state index in [9.17, 15) is 13.2 Å². The number of hydrogen-bond acceptors (Lipinski definition) is 4. The first-order valence-corrected chi connectivity index (χ1v) is 5.46. The summed E-state index contributed by atoms with van der Waals surface area (Å²) in [5, 5.41) is 0. The van der Waals surface area contributed by atoms with E-state index in [0.29, 0.717) is 0 Å². The lowest BCUT2D eigenvalue weighted by Gasteiger charge is -2.06. The summed E-state index contributed by atoms with van der Waals surface area (Å²) in [6.45, 7) is 1.30. The van der Waals surface area contributed by atoms with E-state index >= 15 is 0 Å². The number of methoxy groups -OCH3 is 1. The number of hydrogen-bond donors (Lipinski definition) is 1. The summed E-state index contributed by atoms with van der Waals surface area (Å²) in [5.41, 5.74) is 0.198. The normalized spacial score (nSPS) is 11.1. The number of ketones is 1. The maximum absolute atomic E-state index is 11.0. The summed E-state index contributed by atoms with van der Waals surface area (Å²) in [6.07, 6.45) is 0. The highest BCUT2D eigenvalue weighted by atomic mass is 32.2. The zero-order chi connectivity index (χ0) is 11.6. The third-order valence-electron chi connectivity index (χ3n) is 1.85. The SMILES string of the molecule is COc1ccc(C(C)=O)cc1S(=O)(=O)O. The van der Waals surface area contributed by atoms with Crippen LogP contribution in [0.15, 0.2) is 23.1 Å². The van der Waals surface area contributed by atoms with Crippen LogP contribution in [-0.2, 0) is 10.1 Å². The van der Waals surface area contributed by atoms with E-state index in [0.717, 1.165) is 6.07 Å². The zero-order valence-electron chi connectivity index (χ0n) is 8.22. The van der Waals surface area contributed by atoms with Gasteiger partial charge >= 0.3 is 0 Å². The second kappa shape index (κ2) is 4.00. The van der Waals surface area contributed by atoms with Gasteiger partial charge in [-0.25, -0.2) is 0 Å². The molecule has 0 saturated heterocycles. The lowest BCUT2D eigenvalue weighted by atomic mass is 10.1. The van der Waals surface area contributed by atoms with Crippen LogP contribution in [0.25, 0.3) is 0 Å². The second-order valence-electron chi connectivity index (χ2n) is 2.90. The van der Waals surface area contributed by atoms with Crippen LogP contribution in [0.1, 0.15) is 17.3 Å². The minimum absolute atomic E-state index is 0.00231. The van der Waals surface area contributed by atoms with E-state index in [-0.39, 0.29) is 17.1 Å². The maximum atomic E-state index is 11.0. The van der Waals surface area contributed by atoms with Crippen LogP contribution in [-0.4, -0.2) is 25.9 Å². The van der Waals surface area contributed by atoms with E-state index in [1.165, 1.54) is 26.2 Å². The molecule has 0 saturated carbocycles. The van der Waals surface area contributed by atoms with Gasteiger partial charge in [0.1, 0.15) is 10.6 Å². The number of carbonyl (C=O) groups excluding carboxylic acids is 1. The summed E-state index contributed by atoms with van der Waals surface area (Å²) in [7, 11) is -3.10. The molecule has 6 heteroatoms. The summed E-state index contributed by atoms with van der Waals surface area (Å²) in [5.74, 6) is -0.287. The Morgan fingerprint density at radius 2 is 2.00 bits per heavy atom. The van der Waals surface area contributed by atoms with E-state index < -0.39 is 15.0 Å². The fraction of sp³-hybridized carbons (Fsp3) is 0.222. The van der Waals surface area contributed by atoms with Gasteiger partial charge in [-0.2, -0.15) is 8.42 Å². The van der Waals surface area contributed by atoms with Crippen molar-refractivity contribution >= 4 is 15.9 Å². The van der Waals surface area contributed by atoms with E-state index in [2.05, 4.69) is 0 Å². The van der Waals surface area contributed by atoms with Gasteiger partial charge in [-0.05, 0) is 25.1 Å². The molecule has 1 aromatic carbocycles. The van der Waals surface area contributed by atoms with Crippen molar-refractivity contribution in [3.8, 4) is 5.75 Å². The molecule has 1 N–H and O–H groups in total. The molecule has 0 amide bonds. The van der Waals surface area contributed by atoms with Crippen LogP contribution in [0.2, 0.25) is 0 Å². The van der Waals surface area contributed by atoms with E-state index in [1.54, 1.807) is 0 Å². The molecule has 1 rings (SSSR count). The number of carbonyl (C=O) groups is 1. The molecule has 0 aliphatic heterocycles. The van der Waals surface area contributed by atoms with Gasteiger partial charge in [0.2, 0.25) is 0 Å². The third kappa shape index (κ3) is 2.54. The minimum atomic E-state index is -4.38. The van der Waals surface area contributed by atoms with Crippen LogP contribution in [0, 0.1) is 0 Å². The molecule has 0 spiro atoms. The fourth-order valence-corrected chi connectivity index (χ4v) is 1.78. The van der Waals surface area contributed by atoms with Crippen molar-refractivity contribution < 1.29 is 22.5 Å². The largest absolute Gasteiger partial charge is 0.495 e. The molecule has 0 aliphatic rings. The quantitative estimate of drug-likeness (QED) is 0.622. The highest BCUT2D eigenvalue weighted by Crippen LogP contribution is 2.24. The number of Topliss-reactive ketones (excluding diaryl/α,β-unsaturated/α-hetero) is 1. The van der Waals surface area contributed by atoms with Gasteiger partial charge in [-0.15, -0.1) is 0 Å². The van der Waals surface area contributed by atoms with Crippen molar-refractivity contribution in [2.75, 3.05) is 7.11 Å². The van der Waals surface area contributed by atoms with Gasteiger partial charge in [0.15, 0.2) is 5.78 Å². The standard InChI is InChI=1S/C9H10O5S/c1-6(10)7-3-4-8(14-2)9(5-7)15(11,12)13/h3-5H,1-2H3,(H,11,12,13). The highest BCUT2D eigenvalue weighted by Gasteiger charge is 2.17. The zero-order valence-corrected chi connectivity index (χ0v) is 9.04. The summed E-state index contributed by atoms with van der Waals surface area (Å²) in [4.78, 5) is 10.6. The van der Waals surface area contributed by atoms with Crippen LogP contribution >= 0.6 is 0 Å². The molecule has 0 unspecified atom stereocenters. The number of rotatable bonds is 3. The predicted octanol–water partition coefficient (Wildman–Crippen LogP) is 1.14. The van der Waals surface area contributed by atoms with Crippen LogP contribution in [0.3, 0.4) is 0 Å². The van der Waals surface area contributed by atoms with Crippen LogP contribution < -0.4 is 4.74 Å². The Morgan fingerprint density at radius 3 is 2.40 bits per heavy atom. The first-order valence-electron chi connectivity index (χ1n) is 4.02. The number of ether oxygens (including phenoxy) is 1. The summed E-state index contributed by atoms with van der Waals surface area (Å²) in [6, 6.07) is 3.83. The Morgan fingerprint density at radius 1 is 1.40 bits per heavy atom. The topological polar surface area (TPSA) is 80.7 Å². The van der Waals surface area contributed by atoms with Crippen molar-refractivity contribution in [1.82, 2.24) is 0 Å². The molecule has 0 radical (unpaired) electrons. The molecule has 0 atom stereocenters. The minimum Gasteiger partial charge on any atom is -0.495 e. The van der Waals surface area contributed by atoms with Gasteiger partial charge in [-0.1, -0.05) is 0 Å². The predicted molar refractivity (Wildman–Crippen MR) is 52.8 cm³/mol. The smallest absolute Gasteiger partial charge is 0.298 e. The molecule has 0 aliphatic carbocycles. The Balaban J connectivity index is 3.46. The van der Waals surface area contributed by atoms with Gasteiger partial charge in [-0.3, -0.25) is 9.35 Å². The fourth-order valence-electron chi connectivity index (χ4n) is 1.10. The molecule has 0 bridgehead atoms. The Kier molecular flexibility index (Phi) is 3.11. The molecule has 0 heterocycles. The average molecular weight is 230 g/mol. The molecule has 82 valence electrons. The highest BCUT2D eigenvalue weighted by molar-refractivity contribution is 7.86. The Labute approximate surface area is 87.4 Å². The van der Waals surface area contributed by atoms with Crippen molar-refractivity contribution in [2.24, 2.45) is 0 Å². The monoisotopic (exact) mass is 230 g/mol. The summed E-state index contributed by atoms with van der Waals surface area (Å²) < 4.78 is 35.5. The van der Waals surface area contributed by atoms with Gasteiger partial charge in [0.05, 0.1) is 7.11 Å². The number of benzene rings is 1. The van der Waals surface area contributed by atoms with E-state index in [4.69, 9.17) is 9.29 Å². The van der Waals surface area contributed by atoms with Crippen LogP contribution in [0.5, 0.6) is 5.75 Å². The average Bonchev–Trinajstić information content (AvgIpc) is 2.15. The molecule has 15 heavy (non-hydrogen) atoms. The van der Waals surface area contributed by atoms with Crippen molar-refractivity contribution in [3.05, 3.63) is 23.8 Å². The van der Waals surface area contributed by atoms with Gasteiger partial charge < -0.3 is 4.74 Å². The van der Waals surface area contributed by atoms with Crippen molar-refractivity contribution in [3.63, 3.8) is 0 Å². The molecule has 5 nitrogen and oxygen atoms in total. The molecular formula is C9H10O5S.